The van der Waals surface area contributed by atoms with E-state index in [4.69, 9.17) is 0 Å². The molecule has 5 rings (SSSR count). The molecule has 0 radical (unpaired) electrons. The zero-order valence-electron chi connectivity index (χ0n) is 18.3. The smallest absolute Gasteiger partial charge is 0.131 e. The molecule has 5 heteroatoms. The maximum atomic E-state index is 14.2. The van der Waals surface area contributed by atoms with E-state index in [0.717, 1.165) is 38.2 Å². The Kier molecular flexibility index (Phi) is 6.30. The second-order valence-corrected chi connectivity index (χ2v) is 8.99. The van der Waals surface area contributed by atoms with Crippen LogP contribution in [0.4, 0.5) is 4.39 Å². The fraction of sp³-hybridized carbons (Fsp3) is 0.370. The molecule has 0 saturated carbocycles. The Hall–Kier alpha value is -2.60. The van der Waals surface area contributed by atoms with Crippen molar-refractivity contribution in [2.75, 3.05) is 26.2 Å². The van der Waals surface area contributed by atoms with Crippen LogP contribution in [0.5, 0.6) is 0 Å². The van der Waals surface area contributed by atoms with Crippen LogP contribution in [-0.2, 0) is 6.54 Å². The zero-order valence-corrected chi connectivity index (χ0v) is 18.3. The van der Waals surface area contributed by atoms with Crippen LogP contribution in [0.15, 0.2) is 73.1 Å². The van der Waals surface area contributed by atoms with Gasteiger partial charge in [0, 0.05) is 49.0 Å². The molecular formula is C27H30FN3O. The summed E-state index contributed by atoms with van der Waals surface area (Å²) in [4.78, 5) is 9.29. The Balaban J connectivity index is 1.37. The zero-order chi connectivity index (χ0) is 21.9. The van der Waals surface area contributed by atoms with Gasteiger partial charge in [0.15, 0.2) is 0 Å². The van der Waals surface area contributed by atoms with Gasteiger partial charge in [-0.2, -0.15) is 0 Å². The van der Waals surface area contributed by atoms with Crippen molar-refractivity contribution in [3.63, 3.8) is 0 Å². The van der Waals surface area contributed by atoms with Gasteiger partial charge in [-0.25, -0.2) is 4.39 Å². The normalized spacial score (nSPS) is 24.2. The van der Waals surface area contributed by atoms with Gasteiger partial charge in [-0.15, -0.1) is 0 Å². The van der Waals surface area contributed by atoms with Crippen LogP contribution in [0, 0.1) is 5.82 Å². The molecule has 166 valence electrons. The standard InChI is InChI=1S/C27H30FN3O/c28-24-8-2-1-7-23(24)21-9-11-22(12-10-21)27-25-18-30(17-20-6-5-13-29-16-20)14-3-4-15-31(25)26(27)19-32/h1-2,5-13,16,25-27,32H,3-4,14-15,17-19H2/t25-,26+,27-/m1/s1. The third-order valence-corrected chi connectivity index (χ3v) is 7.06. The highest BCUT2D eigenvalue weighted by Crippen LogP contribution is 2.42. The van der Waals surface area contributed by atoms with E-state index in [2.05, 4.69) is 33.0 Å². The van der Waals surface area contributed by atoms with E-state index in [1.54, 1.807) is 6.07 Å². The number of halogens is 1. The number of benzene rings is 2. The molecule has 3 heterocycles. The van der Waals surface area contributed by atoms with E-state index in [0.29, 0.717) is 11.6 Å². The van der Waals surface area contributed by atoms with Gasteiger partial charge in [-0.1, -0.05) is 48.5 Å². The molecule has 0 aliphatic carbocycles. The third kappa shape index (κ3) is 4.20. The minimum atomic E-state index is -0.200. The van der Waals surface area contributed by atoms with Gasteiger partial charge in [0.05, 0.1) is 6.61 Å². The lowest BCUT2D eigenvalue weighted by molar-refractivity contribution is -0.0655. The summed E-state index contributed by atoms with van der Waals surface area (Å²) in [6, 6.07) is 19.8. The number of hydrogen-bond donors (Lipinski definition) is 1. The van der Waals surface area contributed by atoms with Crippen molar-refractivity contribution in [1.82, 2.24) is 14.8 Å². The molecule has 0 amide bonds. The maximum Gasteiger partial charge on any atom is 0.131 e. The second-order valence-electron chi connectivity index (χ2n) is 8.99. The van der Waals surface area contributed by atoms with Gasteiger partial charge in [0.2, 0.25) is 0 Å². The molecule has 2 aliphatic rings. The van der Waals surface area contributed by atoms with E-state index in [1.807, 2.05) is 42.7 Å². The SMILES string of the molecule is OC[C@H]1[C@H](c2ccc(-c3ccccc3F)cc2)[C@H]2CN(Cc3cccnc3)CCCCN21. The molecule has 4 nitrogen and oxygen atoms in total. The molecule has 0 unspecified atom stereocenters. The van der Waals surface area contributed by atoms with Gasteiger partial charge in [0.25, 0.3) is 0 Å². The molecule has 3 atom stereocenters. The average molecular weight is 432 g/mol. The summed E-state index contributed by atoms with van der Waals surface area (Å²) in [5.74, 6) is 0.0820. The van der Waals surface area contributed by atoms with Crippen molar-refractivity contribution >= 4 is 0 Å². The van der Waals surface area contributed by atoms with Crippen LogP contribution >= 0.6 is 0 Å². The third-order valence-electron chi connectivity index (χ3n) is 7.06. The quantitative estimate of drug-likeness (QED) is 0.653. The molecule has 0 bridgehead atoms. The number of nitrogens with zero attached hydrogens (tertiary/aromatic N) is 3. The van der Waals surface area contributed by atoms with Crippen molar-refractivity contribution in [2.24, 2.45) is 0 Å². The number of aliphatic hydroxyl groups excluding tert-OH is 1. The number of fused-ring (bicyclic) bond motifs is 1. The van der Waals surface area contributed by atoms with E-state index < -0.39 is 0 Å². The van der Waals surface area contributed by atoms with Crippen molar-refractivity contribution in [1.29, 1.82) is 0 Å². The number of rotatable bonds is 5. The van der Waals surface area contributed by atoms with Crippen LogP contribution in [0.3, 0.4) is 0 Å². The largest absolute Gasteiger partial charge is 0.395 e. The summed E-state index contributed by atoms with van der Waals surface area (Å²) in [7, 11) is 0. The molecule has 2 fully saturated rings. The molecule has 3 aromatic rings. The molecule has 0 spiro atoms. The van der Waals surface area contributed by atoms with E-state index in [-0.39, 0.29) is 24.4 Å². The average Bonchev–Trinajstić information content (AvgIpc) is 2.81. The number of aromatic nitrogens is 1. The van der Waals surface area contributed by atoms with Gasteiger partial charge < -0.3 is 5.11 Å². The maximum absolute atomic E-state index is 14.2. The number of aliphatic hydroxyl groups is 1. The van der Waals surface area contributed by atoms with Gasteiger partial charge in [-0.05, 0) is 54.8 Å². The molecule has 2 saturated heterocycles. The lowest BCUT2D eigenvalue weighted by Crippen LogP contribution is -2.67. The Morgan fingerprint density at radius 3 is 2.53 bits per heavy atom. The van der Waals surface area contributed by atoms with E-state index in [9.17, 15) is 9.50 Å². The topological polar surface area (TPSA) is 39.6 Å². The minimum absolute atomic E-state index is 0.151. The van der Waals surface area contributed by atoms with Crippen LogP contribution < -0.4 is 0 Å². The molecule has 2 aromatic carbocycles. The van der Waals surface area contributed by atoms with Crippen LogP contribution in [0.25, 0.3) is 11.1 Å². The fourth-order valence-electron chi connectivity index (χ4n) is 5.49. The summed E-state index contributed by atoms with van der Waals surface area (Å²) in [5, 5.41) is 10.2. The van der Waals surface area contributed by atoms with Gasteiger partial charge >= 0.3 is 0 Å². The van der Waals surface area contributed by atoms with Crippen molar-refractivity contribution in [3.8, 4) is 11.1 Å². The van der Waals surface area contributed by atoms with Crippen LogP contribution in [0.1, 0.15) is 29.9 Å². The summed E-state index contributed by atoms with van der Waals surface area (Å²) in [6.45, 7) is 4.17. The Bertz CT molecular complexity index is 1030. The first-order chi connectivity index (χ1) is 15.7. The summed E-state index contributed by atoms with van der Waals surface area (Å²) >= 11 is 0. The molecule has 2 aliphatic heterocycles. The van der Waals surface area contributed by atoms with Crippen LogP contribution in [-0.4, -0.2) is 58.2 Å². The number of hydrogen-bond acceptors (Lipinski definition) is 4. The predicted molar refractivity (Wildman–Crippen MR) is 125 cm³/mol. The predicted octanol–water partition coefficient (Wildman–Crippen LogP) is 4.31. The number of pyridine rings is 1. The summed E-state index contributed by atoms with van der Waals surface area (Å²) < 4.78 is 14.2. The summed E-state index contributed by atoms with van der Waals surface area (Å²) in [5.41, 5.74) is 3.98. The Morgan fingerprint density at radius 2 is 1.78 bits per heavy atom. The van der Waals surface area contributed by atoms with Gasteiger partial charge in [0.1, 0.15) is 5.82 Å². The molecule has 1 aromatic heterocycles. The first-order valence-electron chi connectivity index (χ1n) is 11.6. The lowest BCUT2D eigenvalue weighted by Gasteiger charge is -2.57. The van der Waals surface area contributed by atoms with Gasteiger partial charge in [-0.3, -0.25) is 14.8 Å². The van der Waals surface area contributed by atoms with E-state index in [1.165, 1.54) is 23.6 Å². The fourth-order valence-corrected chi connectivity index (χ4v) is 5.49. The Morgan fingerprint density at radius 1 is 0.969 bits per heavy atom. The Labute approximate surface area is 189 Å². The van der Waals surface area contributed by atoms with Crippen molar-refractivity contribution in [3.05, 3.63) is 90.0 Å². The minimum Gasteiger partial charge on any atom is -0.395 e. The highest BCUT2D eigenvalue weighted by molar-refractivity contribution is 5.64. The highest BCUT2D eigenvalue weighted by atomic mass is 19.1. The molecular weight excluding hydrogens is 401 g/mol. The van der Waals surface area contributed by atoms with Crippen molar-refractivity contribution < 1.29 is 9.50 Å². The summed E-state index contributed by atoms with van der Waals surface area (Å²) in [6.07, 6.45) is 6.09. The first-order valence-corrected chi connectivity index (χ1v) is 11.6. The monoisotopic (exact) mass is 431 g/mol. The van der Waals surface area contributed by atoms with Crippen molar-refractivity contribution in [2.45, 2.75) is 37.4 Å². The van der Waals surface area contributed by atoms with E-state index >= 15 is 0 Å². The molecule has 32 heavy (non-hydrogen) atoms. The lowest BCUT2D eigenvalue weighted by atomic mass is 9.74. The second kappa shape index (κ2) is 9.49. The first kappa shape index (κ1) is 21.3. The van der Waals surface area contributed by atoms with Crippen LogP contribution in [0.2, 0.25) is 0 Å². The highest BCUT2D eigenvalue weighted by Gasteiger charge is 2.49. The molecule has 1 N–H and O–H groups in total.